The number of aromatic nitrogens is 4. The maximum atomic E-state index is 5.86. The summed E-state index contributed by atoms with van der Waals surface area (Å²) in [6, 6.07) is 7.76. The van der Waals surface area contributed by atoms with E-state index in [1.54, 1.807) is 11.8 Å². The predicted octanol–water partition coefficient (Wildman–Crippen LogP) is 0.871. The summed E-state index contributed by atoms with van der Waals surface area (Å²) in [5.74, 6) is 0.653. The zero-order chi connectivity index (χ0) is 13.0. The fraction of sp³-hybridized carbons (Fsp3) is 0.417. The second-order valence-electron chi connectivity index (χ2n) is 4.11. The van der Waals surface area contributed by atoms with E-state index >= 15 is 0 Å². The molecule has 0 spiro atoms. The van der Waals surface area contributed by atoms with E-state index in [1.807, 2.05) is 31.2 Å². The van der Waals surface area contributed by atoms with E-state index in [9.17, 15) is 0 Å². The Morgan fingerprint density at radius 3 is 2.89 bits per heavy atom. The Kier molecular flexibility index (Phi) is 4.01. The van der Waals surface area contributed by atoms with Crippen molar-refractivity contribution in [2.45, 2.75) is 19.4 Å². The zero-order valence-electron chi connectivity index (χ0n) is 10.6. The number of methoxy groups -OCH3 is 1. The molecule has 1 aromatic heterocycles. The molecule has 0 aliphatic carbocycles. The first kappa shape index (κ1) is 12.7. The van der Waals surface area contributed by atoms with Crippen molar-refractivity contribution in [3.05, 3.63) is 35.7 Å². The highest BCUT2D eigenvalue weighted by atomic mass is 16.5. The quantitative estimate of drug-likeness (QED) is 0.848. The smallest absolute Gasteiger partial charge is 0.173 e. The lowest BCUT2D eigenvalue weighted by Crippen LogP contribution is -2.14. The van der Waals surface area contributed by atoms with Gasteiger partial charge in [0.25, 0.3) is 0 Å². The molecule has 0 aliphatic rings. The Morgan fingerprint density at radius 1 is 1.39 bits per heavy atom. The van der Waals surface area contributed by atoms with Crippen molar-refractivity contribution in [3.63, 3.8) is 0 Å². The highest BCUT2D eigenvalue weighted by Crippen LogP contribution is 2.17. The van der Waals surface area contributed by atoms with Crippen LogP contribution in [-0.2, 0) is 11.2 Å². The van der Waals surface area contributed by atoms with Gasteiger partial charge in [-0.15, -0.1) is 5.10 Å². The molecule has 2 rings (SSSR count). The molecule has 0 radical (unpaired) electrons. The standard InChI is InChI=1S/C12H17N5O/c1-9(13)12-14-15-16-17(12)11-6-4-3-5-10(11)7-8-18-2/h3-6,9H,7-8,13H2,1-2H3. The molecule has 1 unspecified atom stereocenters. The predicted molar refractivity (Wildman–Crippen MR) is 67.3 cm³/mol. The number of nitrogens with zero attached hydrogens (tertiary/aromatic N) is 4. The van der Waals surface area contributed by atoms with Crippen LogP contribution in [0.2, 0.25) is 0 Å². The van der Waals surface area contributed by atoms with Gasteiger partial charge in [0.15, 0.2) is 5.82 Å². The van der Waals surface area contributed by atoms with Crippen LogP contribution >= 0.6 is 0 Å². The summed E-state index contributed by atoms with van der Waals surface area (Å²) in [6.45, 7) is 2.52. The largest absolute Gasteiger partial charge is 0.384 e. The molecule has 1 aromatic carbocycles. The lowest BCUT2D eigenvalue weighted by molar-refractivity contribution is 0.202. The van der Waals surface area contributed by atoms with E-state index in [0.717, 1.165) is 17.7 Å². The first-order chi connectivity index (χ1) is 8.74. The van der Waals surface area contributed by atoms with Crippen molar-refractivity contribution >= 4 is 0 Å². The Morgan fingerprint density at radius 2 is 2.17 bits per heavy atom. The molecule has 2 N–H and O–H groups in total. The molecule has 0 fully saturated rings. The van der Waals surface area contributed by atoms with Gasteiger partial charge in [0, 0.05) is 7.11 Å². The molecule has 2 aromatic rings. The molecule has 1 heterocycles. The van der Waals surface area contributed by atoms with Crippen LogP contribution in [0.3, 0.4) is 0 Å². The minimum Gasteiger partial charge on any atom is -0.384 e. The topological polar surface area (TPSA) is 78.8 Å². The molecule has 0 aliphatic heterocycles. The highest BCUT2D eigenvalue weighted by Gasteiger charge is 2.14. The van der Waals surface area contributed by atoms with Gasteiger partial charge in [-0.1, -0.05) is 18.2 Å². The average Bonchev–Trinajstić information content (AvgIpc) is 2.86. The molecule has 0 saturated carbocycles. The van der Waals surface area contributed by atoms with Gasteiger partial charge in [-0.2, -0.15) is 4.68 Å². The second kappa shape index (κ2) is 5.70. The molecule has 6 nitrogen and oxygen atoms in total. The second-order valence-corrected chi connectivity index (χ2v) is 4.11. The Hall–Kier alpha value is -1.79. The van der Waals surface area contributed by atoms with Crippen LogP contribution in [0.4, 0.5) is 0 Å². The summed E-state index contributed by atoms with van der Waals surface area (Å²) < 4.78 is 6.80. The first-order valence-electron chi connectivity index (χ1n) is 5.85. The number of hydrogen-bond acceptors (Lipinski definition) is 5. The highest BCUT2D eigenvalue weighted by molar-refractivity contribution is 5.41. The summed E-state index contributed by atoms with van der Waals surface area (Å²) in [7, 11) is 1.69. The van der Waals surface area contributed by atoms with Crippen molar-refractivity contribution in [1.82, 2.24) is 20.2 Å². The molecular weight excluding hydrogens is 230 g/mol. The summed E-state index contributed by atoms with van der Waals surface area (Å²) in [5, 5.41) is 11.7. The van der Waals surface area contributed by atoms with Gasteiger partial charge < -0.3 is 10.5 Å². The minimum absolute atomic E-state index is 0.213. The zero-order valence-corrected chi connectivity index (χ0v) is 10.6. The van der Waals surface area contributed by atoms with Crippen LogP contribution in [0, 0.1) is 0 Å². The molecule has 0 bridgehead atoms. The van der Waals surface area contributed by atoms with E-state index in [0.29, 0.717) is 12.4 Å². The van der Waals surface area contributed by atoms with Gasteiger partial charge in [0.2, 0.25) is 0 Å². The van der Waals surface area contributed by atoms with E-state index in [2.05, 4.69) is 15.5 Å². The number of nitrogens with two attached hydrogens (primary N) is 1. The Bertz CT molecular complexity index is 509. The molecule has 18 heavy (non-hydrogen) atoms. The van der Waals surface area contributed by atoms with Crippen molar-refractivity contribution < 1.29 is 4.74 Å². The maximum absolute atomic E-state index is 5.86. The van der Waals surface area contributed by atoms with Crippen LogP contribution < -0.4 is 5.73 Å². The van der Waals surface area contributed by atoms with E-state index in [-0.39, 0.29) is 6.04 Å². The fourth-order valence-electron chi connectivity index (χ4n) is 1.79. The van der Waals surface area contributed by atoms with E-state index in [4.69, 9.17) is 10.5 Å². The third-order valence-electron chi connectivity index (χ3n) is 2.70. The van der Waals surface area contributed by atoms with Crippen LogP contribution in [0.1, 0.15) is 24.4 Å². The van der Waals surface area contributed by atoms with Gasteiger partial charge in [0.05, 0.1) is 18.3 Å². The molecule has 1 atom stereocenters. The molecule has 0 amide bonds. The lowest BCUT2D eigenvalue weighted by Gasteiger charge is -2.11. The number of rotatable bonds is 5. The van der Waals surface area contributed by atoms with Crippen LogP contribution in [0.25, 0.3) is 5.69 Å². The SMILES string of the molecule is COCCc1ccccc1-n1nnnc1C(C)N. The number of para-hydroxylation sites is 1. The van der Waals surface area contributed by atoms with Gasteiger partial charge in [-0.25, -0.2) is 0 Å². The van der Waals surface area contributed by atoms with Crippen LogP contribution in [0.5, 0.6) is 0 Å². The monoisotopic (exact) mass is 247 g/mol. The number of tetrazole rings is 1. The number of hydrogen-bond donors (Lipinski definition) is 1. The lowest BCUT2D eigenvalue weighted by atomic mass is 10.1. The Balaban J connectivity index is 2.40. The normalized spacial score (nSPS) is 12.6. The summed E-state index contributed by atoms with van der Waals surface area (Å²) in [4.78, 5) is 0. The molecule has 96 valence electrons. The van der Waals surface area contributed by atoms with Crippen molar-refractivity contribution in [3.8, 4) is 5.69 Å². The summed E-state index contributed by atoms with van der Waals surface area (Å²) >= 11 is 0. The molecule has 6 heteroatoms. The fourth-order valence-corrected chi connectivity index (χ4v) is 1.79. The number of benzene rings is 1. The first-order valence-corrected chi connectivity index (χ1v) is 5.85. The third-order valence-corrected chi connectivity index (χ3v) is 2.70. The molecular formula is C12H17N5O. The maximum Gasteiger partial charge on any atom is 0.173 e. The van der Waals surface area contributed by atoms with Gasteiger partial charge in [-0.3, -0.25) is 0 Å². The van der Waals surface area contributed by atoms with Gasteiger partial charge >= 0.3 is 0 Å². The van der Waals surface area contributed by atoms with E-state index in [1.165, 1.54) is 0 Å². The van der Waals surface area contributed by atoms with Crippen molar-refractivity contribution in [1.29, 1.82) is 0 Å². The minimum atomic E-state index is -0.213. The Labute approximate surface area is 106 Å². The average molecular weight is 247 g/mol. The van der Waals surface area contributed by atoms with Gasteiger partial charge in [-0.05, 0) is 35.4 Å². The van der Waals surface area contributed by atoms with Crippen LogP contribution in [0.15, 0.2) is 24.3 Å². The van der Waals surface area contributed by atoms with Crippen molar-refractivity contribution in [2.75, 3.05) is 13.7 Å². The van der Waals surface area contributed by atoms with Gasteiger partial charge in [0.1, 0.15) is 0 Å². The van der Waals surface area contributed by atoms with Crippen molar-refractivity contribution in [2.24, 2.45) is 5.73 Å². The summed E-state index contributed by atoms with van der Waals surface area (Å²) in [5.41, 5.74) is 7.94. The molecule has 0 saturated heterocycles. The number of ether oxygens (including phenoxy) is 1. The third kappa shape index (κ3) is 2.55. The van der Waals surface area contributed by atoms with E-state index < -0.39 is 0 Å². The van der Waals surface area contributed by atoms with Crippen LogP contribution in [-0.4, -0.2) is 33.9 Å². The summed E-state index contributed by atoms with van der Waals surface area (Å²) in [6.07, 6.45) is 0.810.